The summed E-state index contributed by atoms with van der Waals surface area (Å²) in [6.45, 7) is 5.73. The molecule has 0 bridgehead atoms. The minimum Gasteiger partial charge on any atom is -0.356 e. The van der Waals surface area contributed by atoms with Crippen molar-refractivity contribution in [3.63, 3.8) is 0 Å². The lowest BCUT2D eigenvalue weighted by atomic mass is 10.1. The SMILES string of the molecule is Cc1ccc(CN=C(NCCc2ccccc2)NCC(=O)N(C)C)c(C)c1.I. The highest BCUT2D eigenvalue weighted by Gasteiger charge is 2.06. The van der Waals surface area contributed by atoms with E-state index in [0.29, 0.717) is 12.5 Å². The predicted octanol–water partition coefficient (Wildman–Crippen LogP) is 3.29. The third kappa shape index (κ3) is 8.29. The predicted molar refractivity (Wildman–Crippen MR) is 127 cm³/mol. The van der Waals surface area contributed by atoms with Crippen molar-refractivity contribution in [2.75, 3.05) is 27.2 Å². The molecule has 5 nitrogen and oxygen atoms in total. The molecule has 0 aliphatic rings. The number of guanidine groups is 1. The molecule has 1 amide bonds. The Labute approximate surface area is 185 Å². The number of likely N-dealkylation sites (N-methyl/N-ethyl adjacent to an activating group) is 1. The van der Waals surface area contributed by atoms with Gasteiger partial charge in [0.15, 0.2) is 5.96 Å². The van der Waals surface area contributed by atoms with Gasteiger partial charge in [0.2, 0.25) is 5.91 Å². The van der Waals surface area contributed by atoms with Gasteiger partial charge in [0, 0.05) is 20.6 Å². The summed E-state index contributed by atoms with van der Waals surface area (Å²) in [5.41, 5.74) is 4.93. The Morgan fingerprint density at radius 2 is 1.75 bits per heavy atom. The second kappa shape index (κ2) is 12.4. The summed E-state index contributed by atoms with van der Waals surface area (Å²) >= 11 is 0. The van der Waals surface area contributed by atoms with Crippen molar-refractivity contribution in [2.45, 2.75) is 26.8 Å². The van der Waals surface area contributed by atoms with Crippen LogP contribution in [0.5, 0.6) is 0 Å². The molecule has 0 saturated heterocycles. The molecule has 2 N–H and O–H groups in total. The van der Waals surface area contributed by atoms with Crippen LogP contribution < -0.4 is 10.6 Å². The number of aryl methyl sites for hydroxylation is 2. The van der Waals surface area contributed by atoms with E-state index in [4.69, 9.17) is 0 Å². The smallest absolute Gasteiger partial charge is 0.241 e. The van der Waals surface area contributed by atoms with E-state index in [1.54, 1.807) is 19.0 Å². The molecule has 0 saturated carbocycles. The fourth-order valence-corrected chi connectivity index (χ4v) is 2.65. The van der Waals surface area contributed by atoms with Gasteiger partial charge in [-0.2, -0.15) is 0 Å². The van der Waals surface area contributed by atoms with Gasteiger partial charge in [0.25, 0.3) is 0 Å². The molecule has 2 aromatic rings. The number of carbonyl (C=O) groups excluding carboxylic acids is 1. The van der Waals surface area contributed by atoms with Crippen LogP contribution in [0.2, 0.25) is 0 Å². The van der Waals surface area contributed by atoms with Crippen molar-refractivity contribution in [3.05, 3.63) is 70.8 Å². The van der Waals surface area contributed by atoms with E-state index in [2.05, 4.69) is 59.8 Å². The largest absolute Gasteiger partial charge is 0.356 e. The maximum Gasteiger partial charge on any atom is 0.241 e. The monoisotopic (exact) mass is 494 g/mol. The summed E-state index contributed by atoms with van der Waals surface area (Å²) < 4.78 is 0. The summed E-state index contributed by atoms with van der Waals surface area (Å²) in [7, 11) is 3.50. The van der Waals surface area contributed by atoms with Gasteiger partial charge in [-0.1, -0.05) is 54.1 Å². The van der Waals surface area contributed by atoms with Gasteiger partial charge >= 0.3 is 0 Å². The number of hydrogen-bond acceptors (Lipinski definition) is 2. The molecular weight excluding hydrogens is 463 g/mol. The Balaban J connectivity index is 0.00000392. The first-order chi connectivity index (χ1) is 13.0. The zero-order valence-corrected chi connectivity index (χ0v) is 19.5. The molecule has 2 rings (SSSR count). The number of hydrogen-bond donors (Lipinski definition) is 2. The molecule has 2 aromatic carbocycles. The number of amides is 1. The average molecular weight is 494 g/mol. The molecule has 0 aliphatic carbocycles. The zero-order valence-electron chi connectivity index (χ0n) is 17.2. The Morgan fingerprint density at radius 3 is 2.39 bits per heavy atom. The maximum absolute atomic E-state index is 11.9. The van der Waals surface area contributed by atoms with Crippen molar-refractivity contribution in [2.24, 2.45) is 4.99 Å². The van der Waals surface area contributed by atoms with E-state index in [1.807, 2.05) is 18.2 Å². The molecule has 0 radical (unpaired) electrons. The highest BCUT2D eigenvalue weighted by molar-refractivity contribution is 14.0. The first kappa shape index (κ1) is 23.9. The normalized spacial score (nSPS) is 10.8. The van der Waals surface area contributed by atoms with Crippen LogP contribution in [0.4, 0.5) is 0 Å². The summed E-state index contributed by atoms with van der Waals surface area (Å²) in [5.74, 6) is 0.667. The van der Waals surface area contributed by atoms with Gasteiger partial charge in [0.1, 0.15) is 0 Å². The standard InChI is InChI=1S/C22H30N4O.HI/c1-17-10-11-20(18(2)14-17)15-24-22(25-16-21(27)26(3)4)23-13-12-19-8-6-5-7-9-19;/h5-11,14H,12-13,15-16H2,1-4H3,(H2,23,24,25);1H. The van der Waals surface area contributed by atoms with Crippen molar-refractivity contribution in [1.29, 1.82) is 0 Å². The topological polar surface area (TPSA) is 56.7 Å². The molecule has 0 heterocycles. The van der Waals surface area contributed by atoms with Crippen LogP contribution in [0.1, 0.15) is 22.3 Å². The molecule has 0 aliphatic heterocycles. The highest BCUT2D eigenvalue weighted by Crippen LogP contribution is 2.11. The van der Waals surface area contributed by atoms with Gasteiger partial charge in [-0.3, -0.25) is 4.79 Å². The van der Waals surface area contributed by atoms with Crippen molar-refractivity contribution < 1.29 is 4.79 Å². The third-order valence-electron chi connectivity index (χ3n) is 4.36. The molecule has 28 heavy (non-hydrogen) atoms. The lowest BCUT2D eigenvalue weighted by Gasteiger charge is -2.15. The quantitative estimate of drug-likeness (QED) is 0.353. The molecule has 0 atom stereocenters. The van der Waals surface area contributed by atoms with Crippen LogP contribution in [0.3, 0.4) is 0 Å². The highest BCUT2D eigenvalue weighted by atomic mass is 127. The first-order valence-corrected chi connectivity index (χ1v) is 9.28. The Hall–Kier alpha value is -2.09. The van der Waals surface area contributed by atoms with Crippen LogP contribution in [-0.4, -0.2) is 44.0 Å². The number of rotatable bonds is 7. The van der Waals surface area contributed by atoms with Crippen LogP contribution in [0.25, 0.3) is 0 Å². The van der Waals surface area contributed by atoms with E-state index in [9.17, 15) is 4.79 Å². The lowest BCUT2D eigenvalue weighted by molar-refractivity contribution is -0.127. The maximum atomic E-state index is 11.9. The average Bonchev–Trinajstić information content (AvgIpc) is 2.65. The zero-order chi connectivity index (χ0) is 19.6. The van der Waals surface area contributed by atoms with E-state index in [-0.39, 0.29) is 36.4 Å². The number of carbonyl (C=O) groups is 1. The Morgan fingerprint density at radius 1 is 1.04 bits per heavy atom. The van der Waals surface area contributed by atoms with E-state index >= 15 is 0 Å². The molecule has 0 fully saturated rings. The first-order valence-electron chi connectivity index (χ1n) is 9.28. The van der Waals surface area contributed by atoms with Crippen molar-refractivity contribution >= 4 is 35.8 Å². The molecule has 152 valence electrons. The van der Waals surface area contributed by atoms with Crippen molar-refractivity contribution in [1.82, 2.24) is 15.5 Å². The summed E-state index contributed by atoms with van der Waals surface area (Å²) in [5, 5.41) is 6.47. The number of nitrogens with one attached hydrogen (secondary N) is 2. The van der Waals surface area contributed by atoms with Crippen LogP contribution in [0.15, 0.2) is 53.5 Å². The minimum atomic E-state index is 0. The second-order valence-electron chi connectivity index (χ2n) is 6.90. The molecule has 0 unspecified atom stereocenters. The number of aliphatic imine (C=N–C) groups is 1. The van der Waals surface area contributed by atoms with Crippen molar-refractivity contribution in [3.8, 4) is 0 Å². The van der Waals surface area contributed by atoms with Crippen LogP contribution >= 0.6 is 24.0 Å². The summed E-state index contributed by atoms with van der Waals surface area (Å²) in [4.78, 5) is 18.1. The molecule has 0 aromatic heterocycles. The molecule has 0 spiro atoms. The van der Waals surface area contributed by atoms with Gasteiger partial charge < -0.3 is 15.5 Å². The third-order valence-corrected chi connectivity index (χ3v) is 4.36. The van der Waals surface area contributed by atoms with Gasteiger partial charge in [-0.15, -0.1) is 24.0 Å². The lowest BCUT2D eigenvalue weighted by Crippen LogP contribution is -2.43. The van der Waals surface area contributed by atoms with E-state index < -0.39 is 0 Å². The second-order valence-corrected chi connectivity index (χ2v) is 6.90. The minimum absolute atomic E-state index is 0. The molecule has 6 heteroatoms. The van der Waals surface area contributed by atoms with E-state index in [0.717, 1.165) is 13.0 Å². The number of halogens is 1. The fourth-order valence-electron chi connectivity index (χ4n) is 2.65. The summed E-state index contributed by atoms with van der Waals surface area (Å²) in [6.07, 6.45) is 0.896. The van der Waals surface area contributed by atoms with Gasteiger partial charge in [-0.25, -0.2) is 4.99 Å². The van der Waals surface area contributed by atoms with Crippen LogP contribution in [0, 0.1) is 13.8 Å². The molecular formula is C22H31IN4O. The number of nitrogens with zero attached hydrogens (tertiary/aromatic N) is 2. The van der Waals surface area contributed by atoms with E-state index in [1.165, 1.54) is 22.3 Å². The fraction of sp³-hybridized carbons (Fsp3) is 0.364. The Kier molecular flexibility index (Phi) is 10.6. The summed E-state index contributed by atoms with van der Waals surface area (Å²) in [6, 6.07) is 16.7. The van der Waals surface area contributed by atoms with Gasteiger partial charge in [-0.05, 0) is 37.0 Å². The Bertz CT molecular complexity index is 775. The van der Waals surface area contributed by atoms with Gasteiger partial charge in [0.05, 0.1) is 13.1 Å². The van der Waals surface area contributed by atoms with Crippen LogP contribution in [-0.2, 0) is 17.8 Å². The number of benzene rings is 2.